The Hall–Kier alpha value is -2.12. The van der Waals surface area contributed by atoms with Crippen molar-refractivity contribution in [2.75, 3.05) is 32.8 Å². The molecule has 0 aromatic heterocycles. The lowest BCUT2D eigenvalue weighted by molar-refractivity contribution is -0.129. The summed E-state index contributed by atoms with van der Waals surface area (Å²) < 4.78 is 12.3. The van der Waals surface area contributed by atoms with Gasteiger partial charge in [-0.05, 0) is 44.2 Å². The second kappa shape index (κ2) is 9.79. The number of rotatable bonds is 1. The number of fused-ring (bicyclic) bond motifs is 4. The van der Waals surface area contributed by atoms with Gasteiger partial charge in [0.15, 0.2) is 0 Å². The van der Waals surface area contributed by atoms with Crippen LogP contribution in [0.1, 0.15) is 61.7 Å². The minimum absolute atomic E-state index is 0.0339. The Morgan fingerprint density at radius 1 is 0.906 bits per heavy atom. The summed E-state index contributed by atoms with van der Waals surface area (Å²) in [7, 11) is 0. The lowest BCUT2D eigenvalue weighted by Gasteiger charge is -2.43. The quantitative estimate of drug-likeness (QED) is 0.725. The maximum Gasteiger partial charge on any atom is 0.258 e. The topological polar surface area (TPSA) is 71.1 Å². The van der Waals surface area contributed by atoms with Gasteiger partial charge >= 0.3 is 0 Å². The van der Waals surface area contributed by atoms with Gasteiger partial charge in [0.05, 0.1) is 24.4 Å². The van der Waals surface area contributed by atoms with Crippen molar-refractivity contribution < 1.29 is 19.1 Å². The Bertz CT molecular complexity index is 825. The molecule has 4 aliphatic rings. The highest BCUT2D eigenvalue weighted by Gasteiger charge is 2.39. The first kappa shape index (κ1) is 21.7. The third-order valence-corrected chi connectivity index (χ3v) is 7.57. The van der Waals surface area contributed by atoms with Gasteiger partial charge in [-0.3, -0.25) is 14.5 Å². The van der Waals surface area contributed by atoms with E-state index < -0.39 is 6.04 Å². The van der Waals surface area contributed by atoms with Crippen LogP contribution in [0.3, 0.4) is 0 Å². The fourth-order valence-electron chi connectivity index (χ4n) is 5.77. The number of nitrogens with zero attached hydrogens (tertiary/aromatic N) is 2. The zero-order valence-corrected chi connectivity index (χ0v) is 18.8. The number of nitrogens with one attached hydrogen (secondary N) is 1. The second-order valence-corrected chi connectivity index (χ2v) is 9.64. The number of amides is 2. The lowest BCUT2D eigenvalue weighted by Crippen LogP contribution is -2.62. The van der Waals surface area contributed by atoms with Gasteiger partial charge in [-0.15, -0.1) is 0 Å². The van der Waals surface area contributed by atoms with Gasteiger partial charge in [0.25, 0.3) is 5.91 Å². The second-order valence-electron chi connectivity index (χ2n) is 9.64. The standard InChI is InChI=1S/C25H35N3O4/c29-24-22-17-27(18-6-1-2-7-18)13-14-28(22)25(30)21-10-3-4-11-23(21)31-15-12-19-8-5-9-20(32-19)16-26-24/h3-4,10-11,18-20,22H,1-2,5-9,12-17H2,(H,26,29)/t19-,20-,22-/m0/s1. The molecule has 1 N–H and O–H groups in total. The Morgan fingerprint density at radius 2 is 1.72 bits per heavy atom. The lowest BCUT2D eigenvalue weighted by atomic mass is 10.0. The largest absolute Gasteiger partial charge is 0.493 e. The zero-order chi connectivity index (χ0) is 21.9. The molecule has 32 heavy (non-hydrogen) atoms. The van der Waals surface area contributed by atoms with Crippen LogP contribution >= 0.6 is 0 Å². The van der Waals surface area contributed by atoms with E-state index in [-0.39, 0.29) is 24.0 Å². The zero-order valence-electron chi connectivity index (χ0n) is 18.8. The predicted molar refractivity (Wildman–Crippen MR) is 121 cm³/mol. The summed E-state index contributed by atoms with van der Waals surface area (Å²) in [4.78, 5) is 31.2. The van der Waals surface area contributed by atoms with Crippen LogP contribution in [-0.4, -0.2) is 78.7 Å². The molecule has 5 rings (SSSR count). The molecule has 7 nitrogen and oxygen atoms in total. The van der Waals surface area contributed by atoms with E-state index >= 15 is 0 Å². The number of hydrogen-bond acceptors (Lipinski definition) is 5. The highest BCUT2D eigenvalue weighted by atomic mass is 16.5. The maximum absolute atomic E-state index is 13.6. The van der Waals surface area contributed by atoms with Crippen LogP contribution in [0.5, 0.6) is 5.75 Å². The molecule has 1 saturated carbocycles. The molecule has 3 atom stereocenters. The summed E-state index contributed by atoms with van der Waals surface area (Å²) in [6, 6.07) is 7.47. The van der Waals surface area contributed by atoms with Crippen molar-refractivity contribution in [3.63, 3.8) is 0 Å². The monoisotopic (exact) mass is 441 g/mol. The molecule has 0 spiro atoms. The smallest absolute Gasteiger partial charge is 0.258 e. The molecule has 2 saturated heterocycles. The van der Waals surface area contributed by atoms with E-state index in [1.165, 1.54) is 25.7 Å². The van der Waals surface area contributed by atoms with E-state index in [0.717, 1.165) is 32.2 Å². The SMILES string of the molecule is O=C1NC[C@@H]2CCC[C@@H](CCOc3ccccc3C(=O)N3CCN(C4CCCC4)C[C@@H]13)O2. The maximum atomic E-state index is 13.6. The molecule has 1 aromatic carbocycles. The number of hydrogen-bond donors (Lipinski definition) is 1. The average molecular weight is 442 g/mol. The Morgan fingerprint density at radius 3 is 2.59 bits per heavy atom. The molecular weight excluding hydrogens is 406 g/mol. The minimum Gasteiger partial charge on any atom is -0.493 e. The summed E-state index contributed by atoms with van der Waals surface area (Å²) in [5.74, 6) is 0.418. The van der Waals surface area contributed by atoms with Crippen LogP contribution in [0, 0.1) is 0 Å². The van der Waals surface area contributed by atoms with Gasteiger partial charge in [-0.1, -0.05) is 25.0 Å². The van der Waals surface area contributed by atoms with E-state index in [9.17, 15) is 9.59 Å². The molecule has 7 heteroatoms. The van der Waals surface area contributed by atoms with Gasteiger partial charge < -0.3 is 19.7 Å². The summed E-state index contributed by atoms with van der Waals surface area (Å²) in [6.45, 7) is 3.00. The number of benzene rings is 1. The van der Waals surface area contributed by atoms with E-state index in [2.05, 4.69) is 10.2 Å². The van der Waals surface area contributed by atoms with Gasteiger partial charge in [-0.2, -0.15) is 0 Å². The van der Waals surface area contributed by atoms with E-state index in [1.807, 2.05) is 24.3 Å². The van der Waals surface area contributed by atoms with Crippen LogP contribution in [0.15, 0.2) is 24.3 Å². The van der Waals surface area contributed by atoms with Crippen LogP contribution in [0.25, 0.3) is 0 Å². The molecule has 1 aliphatic carbocycles. The van der Waals surface area contributed by atoms with Crippen molar-refractivity contribution >= 4 is 11.8 Å². The number of piperazine rings is 1. The Labute approximate surface area is 190 Å². The van der Waals surface area contributed by atoms with Crippen LogP contribution < -0.4 is 10.1 Å². The first-order valence-corrected chi connectivity index (χ1v) is 12.4. The van der Waals surface area contributed by atoms with Crippen LogP contribution in [0.4, 0.5) is 0 Å². The van der Waals surface area contributed by atoms with E-state index in [0.29, 0.717) is 43.6 Å². The van der Waals surface area contributed by atoms with Crippen LogP contribution in [-0.2, 0) is 9.53 Å². The Kier molecular flexibility index (Phi) is 6.64. The summed E-state index contributed by atoms with van der Waals surface area (Å²) in [6.07, 6.45) is 8.93. The van der Waals surface area contributed by atoms with Crippen molar-refractivity contribution in [1.82, 2.24) is 15.1 Å². The van der Waals surface area contributed by atoms with Crippen LogP contribution in [0.2, 0.25) is 0 Å². The molecule has 174 valence electrons. The normalized spacial score (nSPS) is 30.6. The molecule has 0 unspecified atom stereocenters. The predicted octanol–water partition coefficient (Wildman–Crippen LogP) is 2.59. The van der Waals surface area contributed by atoms with E-state index in [1.54, 1.807) is 4.90 Å². The summed E-state index contributed by atoms with van der Waals surface area (Å²) in [5.41, 5.74) is 0.541. The number of carbonyl (C=O) groups is 2. The first-order chi connectivity index (χ1) is 15.7. The van der Waals surface area contributed by atoms with Crippen molar-refractivity contribution in [1.29, 1.82) is 0 Å². The van der Waals surface area contributed by atoms with Crippen molar-refractivity contribution in [2.45, 2.75) is 75.7 Å². The number of ether oxygens (including phenoxy) is 2. The van der Waals surface area contributed by atoms with Crippen molar-refractivity contribution in [2.24, 2.45) is 0 Å². The number of carbonyl (C=O) groups excluding carboxylic acids is 2. The van der Waals surface area contributed by atoms with Gasteiger partial charge in [0.1, 0.15) is 11.8 Å². The fraction of sp³-hybridized carbons (Fsp3) is 0.680. The highest BCUT2D eigenvalue weighted by Crippen LogP contribution is 2.29. The third-order valence-electron chi connectivity index (χ3n) is 7.57. The molecular formula is C25H35N3O4. The van der Waals surface area contributed by atoms with E-state index in [4.69, 9.17) is 9.47 Å². The molecule has 0 radical (unpaired) electrons. The highest BCUT2D eigenvalue weighted by molar-refractivity contribution is 6.00. The Balaban J connectivity index is 1.42. The molecule has 3 fully saturated rings. The van der Waals surface area contributed by atoms with Gasteiger partial charge in [0.2, 0.25) is 5.91 Å². The minimum atomic E-state index is -0.493. The summed E-state index contributed by atoms with van der Waals surface area (Å²) in [5, 5.41) is 3.13. The van der Waals surface area contributed by atoms with Crippen molar-refractivity contribution in [3.8, 4) is 5.75 Å². The molecule has 1 aromatic rings. The first-order valence-electron chi connectivity index (χ1n) is 12.4. The summed E-state index contributed by atoms with van der Waals surface area (Å²) >= 11 is 0. The molecule has 2 amide bonds. The molecule has 3 heterocycles. The molecule has 3 aliphatic heterocycles. The van der Waals surface area contributed by atoms with Crippen molar-refractivity contribution in [3.05, 3.63) is 29.8 Å². The third kappa shape index (κ3) is 4.64. The van der Waals surface area contributed by atoms with Gasteiger partial charge in [-0.25, -0.2) is 0 Å². The fourth-order valence-corrected chi connectivity index (χ4v) is 5.77. The van der Waals surface area contributed by atoms with Gasteiger partial charge in [0, 0.05) is 38.6 Å². The number of para-hydroxylation sites is 1. The average Bonchev–Trinajstić information content (AvgIpc) is 3.37. The molecule has 2 bridgehead atoms.